The van der Waals surface area contributed by atoms with Crippen LogP contribution in [0.3, 0.4) is 0 Å². The van der Waals surface area contributed by atoms with E-state index >= 15 is 0 Å². The van der Waals surface area contributed by atoms with Gasteiger partial charge in [0.1, 0.15) is 5.56 Å². The summed E-state index contributed by atoms with van der Waals surface area (Å²) in [6.45, 7) is 2.36. The van der Waals surface area contributed by atoms with Gasteiger partial charge in [-0.15, -0.1) is 0 Å². The molecule has 132 valence electrons. The molecule has 0 bridgehead atoms. The fourth-order valence-electron chi connectivity index (χ4n) is 3.54. The molecule has 1 atom stereocenters. The van der Waals surface area contributed by atoms with Gasteiger partial charge < -0.3 is 9.88 Å². The molecular weight excluding hydrogens is 416 g/mol. The summed E-state index contributed by atoms with van der Waals surface area (Å²) in [4.78, 5) is 25.6. The van der Waals surface area contributed by atoms with Crippen LogP contribution in [0.25, 0.3) is 10.9 Å². The van der Waals surface area contributed by atoms with Crippen LogP contribution < -0.4 is 10.7 Å². The fraction of sp³-hybridized carbons (Fsp3) is 0.200. The highest BCUT2D eigenvalue weighted by Gasteiger charge is 2.25. The Morgan fingerprint density at radius 1 is 1.35 bits per heavy atom. The standard InChI is InChI=1S/C20H16BrClN2O2/c1-11-6-13-7-14(21)8-15-18(13)24(11)10-16(19(15)25)20(26)23-9-12-4-2-3-5-17(12)22/h2-5,7-8,10-11H,6,9H2,1H3,(H,23,26)/t11-/m1/s1. The molecule has 0 radical (unpaired) electrons. The SMILES string of the molecule is C[C@@H]1Cc2cc(Br)cc3c(=O)c(C(=O)NCc4ccccc4Cl)cn1c23. The van der Waals surface area contributed by atoms with Crippen molar-refractivity contribution < 1.29 is 4.79 Å². The monoisotopic (exact) mass is 430 g/mol. The molecule has 0 saturated heterocycles. The summed E-state index contributed by atoms with van der Waals surface area (Å²) >= 11 is 9.60. The number of hydrogen-bond acceptors (Lipinski definition) is 2. The Bertz CT molecular complexity index is 1110. The highest BCUT2D eigenvalue weighted by molar-refractivity contribution is 9.10. The molecule has 1 amide bonds. The maximum absolute atomic E-state index is 12.9. The second-order valence-electron chi connectivity index (χ2n) is 6.57. The number of rotatable bonds is 3. The van der Waals surface area contributed by atoms with Crippen LogP contribution in [-0.4, -0.2) is 10.5 Å². The maximum atomic E-state index is 12.9. The van der Waals surface area contributed by atoms with Gasteiger partial charge in [0.2, 0.25) is 5.43 Å². The third kappa shape index (κ3) is 2.85. The zero-order valence-corrected chi connectivity index (χ0v) is 16.4. The van der Waals surface area contributed by atoms with Gasteiger partial charge in [-0.25, -0.2) is 0 Å². The average molecular weight is 432 g/mol. The zero-order chi connectivity index (χ0) is 18.4. The van der Waals surface area contributed by atoms with Gasteiger partial charge in [-0.3, -0.25) is 9.59 Å². The van der Waals surface area contributed by atoms with Crippen LogP contribution in [0, 0.1) is 0 Å². The van der Waals surface area contributed by atoms with E-state index in [0.717, 1.165) is 27.5 Å². The molecule has 2 heterocycles. The number of nitrogens with one attached hydrogen (secondary N) is 1. The Morgan fingerprint density at radius 2 is 2.12 bits per heavy atom. The summed E-state index contributed by atoms with van der Waals surface area (Å²) in [6, 6.07) is 11.4. The van der Waals surface area contributed by atoms with Crippen molar-refractivity contribution in [3.63, 3.8) is 0 Å². The van der Waals surface area contributed by atoms with Gasteiger partial charge >= 0.3 is 0 Å². The third-order valence-electron chi connectivity index (χ3n) is 4.80. The number of aromatic nitrogens is 1. The number of halogens is 2. The van der Waals surface area contributed by atoms with Crippen LogP contribution in [0.15, 0.2) is 51.9 Å². The molecule has 1 aromatic heterocycles. The number of carbonyl (C=O) groups is 1. The molecule has 4 rings (SSSR count). The van der Waals surface area contributed by atoms with E-state index in [2.05, 4.69) is 28.2 Å². The lowest BCUT2D eigenvalue weighted by Crippen LogP contribution is -2.29. The Hall–Kier alpha value is -2.11. The summed E-state index contributed by atoms with van der Waals surface area (Å²) in [6.07, 6.45) is 2.53. The summed E-state index contributed by atoms with van der Waals surface area (Å²) < 4.78 is 2.88. The van der Waals surface area contributed by atoms with Crippen LogP contribution in [0.1, 0.15) is 34.5 Å². The second-order valence-corrected chi connectivity index (χ2v) is 7.89. The molecule has 0 saturated carbocycles. The molecule has 0 aliphatic carbocycles. The van der Waals surface area contributed by atoms with E-state index in [-0.39, 0.29) is 29.5 Å². The number of hydrogen-bond donors (Lipinski definition) is 1. The number of amides is 1. The predicted octanol–water partition coefficient (Wildman–Crippen LogP) is 4.46. The van der Waals surface area contributed by atoms with E-state index in [4.69, 9.17) is 11.6 Å². The van der Waals surface area contributed by atoms with Crippen LogP contribution >= 0.6 is 27.5 Å². The predicted molar refractivity (Wildman–Crippen MR) is 107 cm³/mol. The molecular formula is C20H16BrClN2O2. The molecule has 2 aromatic carbocycles. The van der Waals surface area contributed by atoms with E-state index < -0.39 is 0 Å². The third-order valence-corrected chi connectivity index (χ3v) is 5.63. The smallest absolute Gasteiger partial charge is 0.257 e. The largest absolute Gasteiger partial charge is 0.348 e. The first-order valence-electron chi connectivity index (χ1n) is 8.34. The van der Waals surface area contributed by atoms with Crippen molar-refractivity contribution >= 4 is 44.3 Å². The Labute approximate surface area is 163 Å². The summed E-state index contributed by atoms with van der Waals surface area (Å²) in [5.41, 5.74) is 2.77. The number of carbonyl (C=O) groups excluding carboxylic acids is 1. The minimum absolute atomic E-state index is 0.155. The van der Waals surface area contributed by atoms with Crippen molar-refractivity contribution in [1.82, 2.24) is 9.88 Å². The average Bonchev–Trinajstić information content (AvgIpc) is 2.92. The highest BCUT2D eigenvalue weighted by atomic mass is 79.9. The van der Waals surface area contributed by atoms with Crippen molar-refractivity contribution in [1.29, 1.82) is 0 Å². The highest BCUT2D eigenvalue weighted by Crippen LogP contribution is 2.33. The molecule has 1 aliphatic rings. The molecule has 0 fully saturated rings. The minimum atomic E-state index is -0.388. The summed E-state index contributed by atoms with van der Waals surface area (Å²) in [5, 5.41) is 3.97. The van der Waals surface area contributed by atoms with Gasteiger partial charge in [-0.05, 0) is 42.7 Å². The van der Waals surface area contributed by atoms with Gasteiger partial charge in [0.05, 0.1) is 5.52 Å². The second kappa shape index (κ2) is 6.56. The number of pyridine rings is 1. The lowest BCUT2D eigenvalue weighted by atomic mass is 10.1. The first-order chi connectivity index (χ1) is 12.5. The molecule has 6 heteroatoms. The van der Waals surface area contributed by atoms with Gasteiger partial charge in [0, 0.05) is 33.7 Å². The van der Waals surface area contributed by atoms with E-state index in [1.807, 2.05) is 28.8 Å². The maximum Gasteiger partial charge on any atom is 0.257 e. The van der Waals surface area contributed by atoms with E-state index in [9.17, 15) is 9.59 Å². The van der Waals surface area contributed by atoms with Gasteiger partial charge in [0.15, 0.2) is 0 Å². The summed E-state index contributed by atoms with van der Waals surface area (Å²) in [7, 11) is 0. The molecule has 3 aromatic rings. The fourth-order valence-corrected chi connectivity index (χ4v) is 4.24. The van der Waals surface area contributed by atoms with Crippen molar-refractivity contribution in [3.8, 4) is 0 Å². The normalized spacial score (nSPS) is 15.4. The van der Waals surface area contributed by atoms with Crippen LogP contribution in [0.2, 0.25) is 5.02 Å². The zero-order valence-electron chi connectivity index (χ0n) is 14.1. The van der Waals surface area contributed by atoms with E-state index in [0.29, 0.717) is 10.4 Å². The summed E-state index contributed by atoms with van der Waals surface area (Å²) in [5.74, 6) is -0.388. The van der Waals surface area contributed by atoms with Crippen molar-refractivity contribution in [2.24, 2.45) is 0 Å². The Kier molecular flexibility index (Phi) is 4.37. The Balaban J connectivity index is 1.74. The van der Waals surface area contributed by atoms with Crippen molar-refractivity contribution in [3.05, 3.63) is 79.0 Å². The molecule has 26 heavy (non-hydrogen) atoms. The van der Waals surface area contributed by atoms with Crippen LogP contribution in [-0.2, 0) is 13.0 Å². The lowest BCUT2D eigenvalue weighted by molar-refractivity contribution is 0.0949. The Morgan fingerprint density at radius 3 is 2.88 bits per heavy atom. The van der Waals surface area contributed by atoms with E-state index in [1.165, 1.54) is 0 Å². The van der Waals surface area contributed by atoms with E-state index in [1.54, 1.807) is 18.3 Å². The molecule has 1 N–H and O–H groups in total. The quantitative estimate of drug-likeness (QED) is 0.665. The topological polar surface area (TPSA) is 51.1 Å². The number of nitrogens with zero attached hydrogens (tertiary/aromatic N) is 1. The van der Waals surface area contributed by atoms with Gasteiger partial charge in [-0.2, -0.15) is 0 Å². The van der Waals surface area contributed by atoms with Gasteiger partial charge in [-0.1, -0.05) is 45.7 Å². The lowest BCUT2D eigenvalue weighted by Gasteiger charge is -2.13. The molecule has 0 spiro atoms. The minimum Gasteiger partial charge on any atom is -0.348 e. The number of benzene rings is 2. The molecule has 1 aliphatic heterocycles. The van der Waals surface area contributed by atoms with Crippen LogP contribution in [0.5, 0.6) is 0 Å². The first-order valence-corrected chi connectivity index (χ1v) is 9.51. The molecule has 0 unspecified atom stereocenters. The molecule has 4 nitrogen and oxygen atoms in total. The van der Waals surface area contributed by atoms with Crippen LogP contribution in [0.4, 0.5) is 0 Å². The van der Waals surface area contributed by atoms with Crippen molar-refractivity contribution in [2.45, 2.75) is 25.9 Å². The van der Waals surface area contributed by atoms with Gasteiger partial charge in [0.25, 0.3) is 5.91 Å². The first kappa shape index (κ1) is 17.3. The van der Waals surface area contributed by atoms with Crippen molar-refractivity contribution in [2.75, 3.05) is 0 Å².